The molecule has 0 radical (unpaired) electrons. The van der Waals surface area contributed by atoms with E-state index < -0.39 is 11.8 Å². The van der Waals surface area contributed by atoms with Gasteiger partial charge >= 0.3 is 5.97 Å². The first-order chi connectivity index (χ1) is 17.0. The second kappa shape index (κ2) is 11.7. The lowest BCUT2D eigenvalue weighted by molar-refractivity contribution is -0.133. The molecule has 2 aromatic carbocycles. The number of rotatable bonds is 11. The van der Waals surface area contributed by atoms with E-state index in [2.05, 4.69) is 24.0 Å². The second-order valence-corrected chi connectivity index (χ2v) is 9.09. The number of carboxylic acids is 1. The third-order valence-corrected chi connectivity index (χ3v) is 6.33. The molecule has 0 aliphatic carbocycles. The number of unbranched alkanes of at least 4 members (excludes halogenated alkanes) is 1. The van der Waals surface area contributed by atoms with E-state index in [1.54, 1.807) is 6.08 Å². The van der Waals surface area contributed by atoms with Crippen LogP contribution in [0.1, 0.15) is 38.7 Å². The first kappa shape index (κ1) is 25.2. The largest absolute Gasteiger partial charge is 0.491 e. The van der Waals surface area contributed by atoms with Crippen molar-refractivity contribution in [3.63, 3.8) is 0 Å². The molecule has 7 heteroatoms. The molecular formula is C28H35NO6. The van der Waals surface area contributed by atoms with Gasteiger partial charge in [0, 0.05) is 24.4 Å². The zero-order valence-corrected chi connectivity index (χ0v) is 20.6. The van der Waals surface area contributed by atoms with Gasteiger partial charge in [0.25, 0.3) is 0 Å². The van der Waals surface area contributed by atoms with Gasteiger partial charge in [0.2, 0.25) is 0 Å². The van der Waals surface area contributed by atoms with Crippen LogP contribution in [-0.4, -0.2) is 63.0 Å². The fourth-order valence-electron chi connectivity index (χ4n) is 4.41. The van der Waals surface area contributed by atoms with Crippen LogP contribution in [0.2, 0.25) is 0 Å². The Morgan fingerprint density at radius 1 is 1.06 bits per heavy atom. The molecule has 1 N–H and O–H groups in total. The molecule has 2 aliphatic heterocycles. The molecule has 188 valence electrons. The molecule has 2 aliphatic rings. The van der Waals surface area contributed by atoms with E-state index in [0.717, 1.165) is 47.6 Å². The topological polar surface area (TPSA) is 77.5 Å². The van der Waals surface area contributed by atoms with E-state index in [0.29, 0.717) is 51.5 Å². The molecule has 0 saturated carbocycles. The van der Waals surface area contributed by atoms with Crippen molar-refractivity contribution in [3.05, 3.63) is 53.6 Å². The molecule has 0 unspecified atom stereocenters. The smallest absolute Gasteiger partial charge is 0.331 e. The highest BCUT2D eigenvalue weighted by atomic mass is 16.7. The number of nitrogens with zero attached hydrogens (tertiary/aromatic N) is 1. The summed E-state index contributed by atoms with van der Waals surface area (Å²) in [5.74, 6) is -0.782. The van der Waals surface area contributed by atoms with Gasteiger partial charge < -0.3 is 29.0 Å². The molecule has 0 bridgehead atoms. The van der Waals surface area contributed by atoms with Gasteiger partial charge in [-0.15, -0.1) is 0 Å². The lowest BCUT2D eigenvalue weighted by Gasteiger charge is -2.33. The Bertz CT molecular complexity index is 1030. The van der Waals surface area contributed by atoms with Crippen LogP contribution < -0.4 is 9.64 Å². The first-order valence-corrected chi connectivity index (χ1v) is 12.4. The Kier molecular flexibility index (Phi) is 8.44. The van der Waals surface area contributed by atoms with Crippen molar-refractivity contribution in [2.45, 2.75) is 38.9 Å². The van der Waals surface area contributed by atoms with Crippen molar-refractivity contribution < 1.29 is 28.8 Å². The van der Waals surface area contributed by atoms with E-state index in [9.17, 15) is 9.90 Å². The molecule has 0 aromatic heterocycles. The SMILES string of the molecule is CCCCOCCOc1ccc(-c2ccc3c(c2)C=C(C(=O)O)CCN3CC2(C)OCCO2)cc1. The maximum absolute atomic E-state index is 11.8. The highest BCUT2D eigenvalue weighted by Crippen LogP contribution is 2.34. The highest BCUT2D eigenvalue weighted by Gasteiger charge is 2.34. The van der Waals surface area contributed by atoms with Crippen LogP contribution in [0.25, 0.3) is 17.2 Å². The minimum atomic E-state index is -0.886. The minimum Gasteiger partial charge on any atom is -0.491 e. The van der Waals surface area contributed by atoms with Gasteiger partial charge in [0.15, 0.2) is 5.79 Å². The first-order valence-electron chi connectivity index (χ1n) is 12.4. The normalized spacial score (nSPS) is 17.0. The fourth-order valence-corrected chi connectivity index (χ4v) is 4.41. The lowest BCUT2D eigenvalue weighted by atomic mass is 10.00. The summed E-state index contributed by atoms with van der Waals surface area (Å²) in [5.41, 5.74) is 4.31. The highest BCUT2D eigenvalue weighted by molar-refractivity contribution is 5.94. The second-order valence-electron chi connectivity index (χ2n) is 9.09. The number of anilines is 1. The summed E-state index contributed by atoms with van der Waals surface area (Å²) in [7, 11) is 0. The van der Waals surface area contributed by atoms with Crippen LogP contribution >= 0.6 is 0 Å². The van der Waals surface area contributed by atoms with E-state index in [-0.39, 0.29) is 0 Å². The molecule has 1 fully saturated rings. The van der Waals surface area contributed by atoms with Crippen molar-refractivity contribution in [1.82, 2.24) is 0 Å². The van der Waals surface area contributed by atoms with Crippen LogP contribution in [0, 0.1) is 0 Å². The van der Waals surface area contributed by atoms with Crippen LogP contribution in [0.3, 0.4) is 0 Å². The summed E-state index contributed by atoms with van der Waals surface area (Å²) in [6.45, 7) is 8.21. The van der Waals surface area contributed by atoms with Crippen LogP contribution in [-0.2, 0) is 19.0 Å². The van der Waals surface area contributed by atoms with Crippen molar-refractivity contribution in [2.24, 2.45) is 0 Å². The van der Waals surface area contributed by atoms with E-state index in [1.165, 1.54) is 0 Å². The van der Waals surface area contributed by atoms with Crippen LogP contribution in [0.4, 0.5) is 5.69 Å². The maximum Gasteiger partial charge on any atom is 0.331 e. The Labute approximate surface area is 207 Å². The third kappa shape index (κ3) is 6.63. The number of ether oxygens (including phenoxy) is 4. The Morgan fingerprint density at radius 2 is 1.80 bits per heavy atom. The van der Waals surface area contributed by atoms with Gasteiger partial charge in [-0.25, -0.2) is 4.79 Å². The number of fused-ring (bicyclic) bond motifs is 1. The van der Waals surface area contributed by atoms with E-state index in [1.807, 2.05) is 37.3 Å². The summed E-state index contributed by atoms with van der Waals surface area (Å²) >= 11 is 0. The predicted molar refractivity (Wildman–Crippen MR) is 136 cm³/mol. The molecule has 0 atom stereocenters. The van der Waals surface area contributed by atoms with Crippen molar-refractivity contribution in [2.75, 3.05) is 51.0 Å². The molecule has 2 heterocycles. The van der Waals surface area contributed by atoms with Gasteiger partial charge in [-0.3, -0.25) is 0 Å². The number of hydrogen-bond donors (Lipinski definition) is 1. The van der Waals surface area contributed by atoms with Crippen molar-refractivity contribution in [1.29, 1.82) is 0 Å². The monoisotopic (exact) mass is 481 g/mol. The Balaban J connectivity index is 1.50. The van der Waals surface area contributed by atoms with Crippen LogP contribution in [0.15, 0.2) is 48.0 Å². The quantitative estimate of drug-likeness (QED) is 0.453. The fraction of sp³-hybridized carbons (Fsp3) is 0.464. The number of benzene rings is 2. The van der Waals surface area contributed by atoms with Gasteiger partial charge in [-0.05, 0) is 66.8 Å². The summed E-state index contributed by atoms with van der Waals surface area (Å²) in [4.78, 5) is 14.0. The molecule has 0 amide bonds. The summed E-state index contributed by atoms with van der Waals surface area (Å²) < 4.78 is 22.9. The molecule has 35 heavy (non-hydrogen) atoms. The number of aliphatic carboxylic acids is 1. The van der Waals surface area contributed by atoms with E-state index >= 15 is 0 Å². The zero-order chi connectivity index (χ0) is 24.7. The zero-order valence-electron chi connectivity index (χ0n) is 20.6. The standard InChI is InChI=1S/C28H35NO6/c1-3-4-13-32-14-15-33-25-8-5-21(6-9-25)22-7-10-26-24(18-22)19-23(27(30)31)11-12-29(26)20-28(2)34-16-17-35-28/h5-10,18-19H,3-4,11-17,20H2,1-2H3,(H,30,31). The van der Waals surface area contributed by atoms with Gasteiger partial charge in [0.05, 0.1) is 26.4 Å². The minimum absolute atomic E-state index is 0.397. The third-order valence-electron chi connectivity index (χ3n) is 6.33. The lowest BCUT2D eigenvalue weighted by Crippen LogP contribution is -2.42. The summed E-state index contributed by atoms with van der Waals surface area (Å²) in [6.07, 6.45) is 4.43. The molecular weight excluding hydrogens is 446 g/mol. The van der Waals surface area contributed by atoms with Crippen molar-refractivity contribution in [3.8, 4) is 16.9 Å². The number of hydrogen-bond acceptors (Lipinski definition) is 6. The maximum atomic E-state index is 11.8. The van der Waals surface area contributed by atoms with Gasteiger partial charge in [-0.1, -0.05) is 31.5 Å². The molecule has 4 rings (SSSR count). The van der Waals surface area contributed by atoms with Gasteiger partial charge in [-0.2, -0.15) is 0 Å². The van der Waals surface area contributed by atoms with Gasteiger partial charge in [0.1, 0.15) is 12.4 Å². The van der Waals surface area contributed by atoms with E-state index in [4.69, 9.17) is 18.9 Å². The summed E-state index contributed by atoms with van der Waals surface area (Å²) in [6, 6.07) is 14.1. The molecule has 0 spiro atoms. The molecule has 7 nitrogen and oxygen atoms in total. The summed E-state index contributed by atoms with van der Waals surface area (Å²) in [5, 5.41) is 9.70. The van der Waals surface area contributed by atoms with Crippen LogP contribution in [0.5, 0.6) is 5.75 Å². The predicted octanol–water partition coefficient (Wildman–Crippen LogP) is 4.99. The Hall–Kier alpha value is -2.87. The number of carboxylic acid groups (broad SMARTS) is 1. The molecule has 1 saturated heterocycles. The van der Waals surface area contributed by atoms with Crippen molar-refractivity contribution >= 4 is 17.7 Å². The Morgan fingerprint density at radius 3 is 2.51 bits per heavy atom. The number of carbonyl (C=O) groups is 1. The average molecular weight is 482 g/mol. The average Bonchev–Trinajstić information content (AvgIpc) is 3.20. The molecule has 2 aromatic rings.